The van der Waals surface area contributed by atoms with Gasteiger partial charge in [-0.2, -0.15) is 0 Å². The molecule has 0 spiro atoms. The first-order valence-corrected chi connectivity index (χ1v) is 6.41. The molecule has 0 aromatic heterocycles. The lowest BCUT2D eigenvalue weighted by Gasteiger charge is -2.05. The third-order valence-corrected chi connectivity index (χ3v) is 3.27. The summed E-state index contributed by atoms with van der Waals surface area (Å²) in [6, 6.07) is 5.41. The van der Waals surface area contributed by atoms with Crippen molar-refractivity contribution < 1.29 is 18.4 Å². The minimum Gasteiger partial charge on any atom is -0.395 e. The first kappa shape index (κ1) is 13.6. The minimum atomic E-state index is -3.57. The highest BCUT2D eigenvalue weighted by Crippen LogP contribution is 2.14. The van der Waals surface area contributed by atoms with E-state index < -0.39 is 14.9 Å². The first-order valence-electron chi connectivity index (χ1n) is 4.76. The Hall–Kier alpha value is -1.51. The monoisotopic (exact) mass is 260 g/mol. The molecule has 0 aliphatic heterocycles. The number of nitrogens with one attached hydrogen (secondary N) is 1. The highest BCUT2D eigenvalue weighted by Gasteiger charge is 2.13. The van der Waals surface area contributed by atoms with Crippen molar-refractivity contribution in [2.45, 2.75) is 5.75 Å². The fourth-order valence-electron chi connectivity index (χ4n) is 1.23. The Labute approximate surface area is 98.3 Å². The molecule has 1 aromatic carbocycles. The topological polar surface area (TPSA) is 110 Å². The van der Waals surface area contributed by atoms with Crippen LogP contribution < -0.4 is 4.72 Å². The summed E-state index contributed by atoms with van der Waals surface area (Å²) in [6.45, 7) is -0.370. The van der Waals surface area contributed by atoms with Gasteiger partial charge in [-0.1, -0.05) is 12.1 Å². The predicted molar refractivity (Wildman–Crippen MR) is 60.8 cm³/mol. The second-order valence-electron chi connectivity index (χ2n) is 3.30. The smallest absolute Gasteiger partial charge is 0.269 e. The lowest BCUT2D eigenvalue weighted by molar-refractivity contribution is -0.384. The van der Waals surface area contributed by atoms with Gasteiger partial charge in [0, 0.05) is 18.7 Å². The molecule has 8 heteroatoms. The standard InChI is InChI=1S/C9H12N2O5S/c12-5-4-10-17(15,16)7-8-2-1-3-9(6-8)11(13)14/h1-3,6,10,12H,4-5,7H2. The third-order valence-electron chi connectivity index (χ3n) is 1.91. The van der Waals surface area contributed by atoms with E-state index in [-0.39, 0.29) is 24.6 Å². The Kier molecular flexibility index (Phi) is 4.55. The molecule has 0 heterocycles. The predicted octanol–water partition coefficient (Wildman–Crippen LogP) is 0.00650. The van der Waals surface area contributed by atoms with Crippen molar-refractivity contribution in [2.75, 3.05) is 13.2 Å². The molecule has 94 valence electrons. The van der Waals surface area contributed by atoms with E-state index in [0.29, 0.717) is 5.56 Å². The number of hydrogen-bond acceptors (Lipinski definition) is 5. The average Bonchev–Trinajstić information content (AvgIpc) is 2.26. The molecule has 0 unspecified atom stereocenters. The number of non-ortho nitro benzene ring substituents is 1. The SMILES string of the molecule is O=[N+]([O-])c1cccc(CS(=O)(=O)NCCO)c1. The van der Waals surface area contributed by atoms with Crippen LogP contribution in [0.25, 0.3) is 0 Å². The normalized spacial score (nSPS) is 11.4. The van der Waals surface area contributed by atoms with Gasteiger partial charge in [0.1, 0.15) is 0 Å². The first-order chi connectivity index (χ1) is 7.94. The van der Waals surface area contributed by atoms with Crippen molar-refractivity contribution in [1.29, 1.82) is 0 Å². The van der Waals surface area contributed by atoms with Crippen LogP contribution >= 0.6 is 0 Å². The third kappa shape index (κ3) is 4.47. The maximum absolute atomic E-state index is 11.4. The second-order valence-corrected chi connectivity index (χ2v) is 5.11. The summed E-state index contributed by atoms with van der Waals surface area (Å²) in [5.41, 5.74) is 0.171. The number of nitro benzene ring substituents is 1. The van der Waals surface area contributed by atoms with E-state index in [0.717, 1.165) is 0 Å². The Balaban J connectivity index is 2.81. The number of sulfonamides is 1. The van der Waals surface area contributed by atoms with Gasteiger partial charge in [0.25, 0.3) is 5.69 Å². The Morgan fingerprint density at radius 2 is 2.12 bits per heavy atom. The van der Waals surface area contributed by atoms with Crippen molar-refractivity contribution in [3.8, 4) is 0 Å². The van der Waals surface area contributed by atoms with Crippen molar-refractivity contribution in [1.82, 2.24) is 4.72 Å². The van der Waals surface area contributed by atoms with Gasteiger partial charge in [-0.3, -0.25) is 10.1 Å². The fraction of sp³-hybridized carbons (Fsp3) is 0.333. The molecule has 0 aliphatic carbocycles. The van der Waals surface area contributed by atoms with Crippen LogP contribution in [0.5, 0.6) is 0 Å². The highest BCUT2D eigenvalue weighted by atomic mass is 32.2. The molecule has 0 saturated heterocycles. The molecule has 0 bridgehead atoms. The van der Waals surface area contributed by atoms with E-state index in [2.05, 4.69) is 4.72 Å². The van der Waals surface area contributed by atoms with Crippen LogP contribution in [0.1, 0.15) is 5.56 Å². The van der Waals surface area contributed by atoms with Crippen LogP contribution in [-0.2, 0) is 15.8 Å². The summed E-state index contributed by atoms with van der Waals surface area (Å²) in [6.07, 6.45) is 0. The molecule has 0 radical (unpaired) electrons. The molecule has 2 N–H and O–H groups in total. The number of aliphatic hydroxyl groups excluding tert-OH is 1. The van der Waals surface area contributed by atoms with Crippen molar-refractivity contribution in [2.24, 2.45) is 0 Å². The van der Waals surface area contributed by atoms with Crippen LogP contribution in [-0.4, -0.2) is 31.6 Å². The molecule has 7 nitrogen and oxygen atoms in total. The largest absolute Gasteiger partial charge is 0.395 e. The average molecular weight is 260 g/mol. The van der Waals surface area contributed by atoms with Crippen molar-refractivity contribution in [3.05, 3.63) is 39.9 Å². The summed E-state index contributed by atoms with van der Waals surface area (Å²) < 4.78 is 25.1. The van der Waals surface area contributed by atoms with E-state index in [9.17, 15) is 18.5 Å². The van der Waals surface area contributed by atoms with E-state index in [4.69, 9.17) is 5.11 Å². The van der Waals surface area contributed by atoms with Gasteiger partial charge < -0.3 is 5.11 Å². The van der Waals surface area contributed by atoms with Crippen molar-refractivity contribution >= 4 is 15.7 Å². The number of aliphatic hydroxyl groups is 1. The Bertz CT molecular complexity index is 500. The van der Waals surface area contributed by atoms with Gasteiger partial charge in [-0.15, -0.1) is 0 Å². The molecule has 1 aromatic rings. The van der Waals surface area contributed by atoms with E-state index >= 15 is 0 Å². The van der Waals surface area contributed by atoms with Gasteiger partial charge in [0.15, 0.2) is 0 Å². The summed E-state index contributed by atoms with van der Waals surface area (Å²) in [4.78, 5) is 9.91. The zero-order valence-electron chi connectivity index (χ0n) is 8.87. The van der Waals surface area contributed by atoms with E-state index in [1.807, 2.05) is 0 Å². The van der Waals surface area contributed by atoms with Crippen LogP contribution in [0.15, 0.2) is 24.3 Å². The Morgan fingerprint density at radius 1 is 1.41 bits per heavy atom. The Morgan fingerprint density at radius 3 is 2.71 bits per heavy atom. The lowest BCUT2D eigenvalue weighted by atomic mass is 10.2. The van der Waals surface area contributed by atoms with Gasteiger partial charge in [-0.25, -0.2) is 13.1 Å². The van der Waals surface area contributed by atoms with E-state index in [1.54, 1.807) is 0 Å². The van der Waals surface area contributed by atoms with E-state index in [1.165, 1.54) is 24.3 Å². The quantitative estimate of drug-likeness (QED) is 0.553. The molecule has 0 saturated carbocycles. The van der Waals surface area contributed by atoms with Crippen LogP contribution in [0, 0.1) is 10.1 Å². The molecule has 1 rings (SSSR count). The zero-order valence-corrected chi connectivity index (χ0v) is 9.68. The minimum absolute atomic E-state index is 0.0722. The van der Waals surface area contributed by atoms with Crippen LogP contribution in [0.3, 0.4) is 0 Å². The number of hydrogen-bond donors (Lipinski definition) is 2. The number of nitrogens with zero attached hydrogens (tertiary/aromatic N) is 1. The summed E-state index contributed by atoms with van der Waals surface area (Å²) in [5.74, 6) is -0.353. The molecular formula is C9H12N2O5S. The van der Waals surface area contributed by atoms with Crippen LogP contribution in [0.2, 0.25) is 0 Å². The maximum atomic E-state index is 11.4. The van der Waals surface area contributed by atoms with Gasteiger partial charge in [0.05, 0.1) is 17.3 Å². The summed E-state index contributed by atoms with van der Waals surface area (Å²) >= 11 is 0. The van der Waals surface area contributed by atoms with Gasteiger partial charge >= 0.3 is 0 Å². The summed E-state index contributed by atoms with van der Waals surface area (Å²) in [7, 11) is -3.57. The number of benzene rings is 1. The molecule has 0 atom stereocenters. The second kappa shape index (κ2) is 5.71. The molecule has 17 heavy (non-hydrogen) atoms. The van der Waals surface area contributed by atoms with Gasteiger partial charge in [0.2, 0.25) is 10.0 Å². The summed E-state index contributed by atoms with van der Waals surface area (Å²) in [5, 5.41) is 19.0. The number of nitro groups is 1. The number of rotatable bonds is 6. The van der Waals surface area contributed by atoms with Crippen LogP contribution in [0.4, 0.5) is 5.69 Å². The van der Waals surface area contributed by atoms with Crippen molar-refractivity contribution in [3.63, 3.8) is 0 Å². The molecule has 0 amide bonds. The molecular weight excluding hydrogens is 248 g/mol. The maximum Gasteiger partial charge on any atom is 0.269 e. The highest BCUT2D eigenvalue weighted by molar-refractivity contribution is 7.88. The lowest BCUT2D eigenvalue weighted by Crippen LogP contribution is -2.27. The molecule has 0 aliphatic rings. The fourth-order valence-corrected chi connectivity index (χ4v) is 2.35. The van der Waals surface area contributed by atoms with Gasteiger partial charge in [-0.05, 0) is 5.56 Å². The molecule has 0 fully saturated rings. The zero-order chi connectivity index (χ0) is 12.9.